The van der Waals surface area contributed by atoms with Gasteiger partial charge in [0.25, 0.3) is 0 Å². The first-order valence-corrected chi connectivity index (χ1v) is 6.83. The first kappa shape index (κ1) is 13.4. The van der Waals surface area contributed by atoms with Crippen molar-refractivity contribution in [3.8, 4) is 5.69 Å². The Kier molecular flexibility index (Phi) is 3.69. The predicted octanol–water partition coefficient (Wildman–Crippen LogP) is 4.18. The minimum Gasteiger partial charge on any atom is -0.378 e. The SMILES string of the molecule is CC(Nc1cccc(-n2ccnc2)c1)c1cccc(F)c1. The average molecular weight is 281 g/mol. The molecule has 3 aromatic rings. The normalized spacial score (nSPS) is 12.1. The van der Waals surface area contributed by atoms with Gasteiger partial charge in [-0.3, -0.25) is 0 Å². The summed E-state index contributed by atoms with van der Waals surface area (Å²) in [7, 11) is 0. The molecule has 2 aromatic carbocycles. The number of imidazole rings is 1. The van der Waals surface area contributed by atoms with Crippen molar-refractivity contribution in [1.82, 2.24) is 9.55 Å². The summed E-state index contributed by atoms with van der Waals surface area (Å²) in [6, 6.07) is 14.7. The van der Waals surface area contributed by atoms with Gasteiger partial charge in [0.1, 0.15) is 5.82 Å². The molecule has 1 unspecified atom stereocenters. The van der Waals surface area contributed by atoms with Crippen LogP contribution in [0.4, 0.5) is 10.1 Å². The lowest BCUT2D eigenvalue weighted by molar-refractivity contribution is 0.623. The van der Waals surface area contributed by atoms with Crippen molar-refractivity contribution in [2.45, 2.75) is 13.0 Å². The number of halogens is 1. The third-order valence-electron chi connectivity index (χ3n) is 3.38. The van der Waals surface area contributed by atoms with Crippen molar-refractivity contribution in [3.05, 3.63) is 78.6 Å². The minimum atomic E-state index is -0.215. The molecule has 0 fully saturated rings. The molecule has 0 saturated heterocycles. The number of anilines is 1. The average Bonchev–Trinajstić information content (AvgIpc) is 3.02. The highest BCUT2D eigenvalue weighted by atomic mass is 19.1. The molecule has 1 atom stereocenters. The highest BCUT2D eigenvalue weighted by Crippen LogP contribution is 2.21. The van der Waals surface area contributed by atoms with E-state index >= 15 is 0 Å². The van der Waals surface area contributed by atoms with Crippen LogP contribution in [0.2, 0.25) is 0 Å². The quantitative estimate of drug-likeness (QED) is 0.777. The van der Waals surface area contributed by atoms with Crippen molar-refractivity contribution in [1.29, 1.82) is 0 Å². The summed E-state index contributed by atoms with van der Waals surface area (Å²) in [6.45, 7) is 2.01. The first-order valence-electron chi connectivity index (χ1n) is 6.83. The monoisotopic (exact) mass is 281 g/mol. The minimum absolute atomic E-state index is 0.0266. The molecule has 1 heterocycles. The van der Waals surface area contributed by atoms with E-state index in [2.05, 4.69) is 10.3 Å². The van der Waals surface area contributed by atoms with Crippen molar-refractivity contribution >= 4 is 5.69 Å². The van der Waals surface area contributed by atoms with E-state index in [1.54, 1.807) is 24.7 Å². The Balaban J connectivity index is 1.80. The Hall–Kier alpha value is -2.62. The zero-order chi connectivity index (χ0) is 14.7. The zero-order valence-corrected chi connectivity index (χ0v) is 11.7. The predicted molar refractivity (Wildman–Crippen MR) is 82.0 cm³/mol. The van der Waals surface area contributed by atoms with Gasteiger partial charge in [-0.05, 0) is 42.8 Å². The largest absolute Gasteiger partial charge is 0.378 e. The van der Waals surface area contributed by atoms with Crippen LogP contribution in [0.5, 0.6) is 0 Å². The van der Waals surface area contributed by atoms with Gasteiger partial charge in [0, 0.05) is 29.8 Å². The second-order valence-corrected chi connectivity index (χ2v) is 4.94. The maximum absolute atomic E-state index is 13.3. The van der Waals surface area contributed by atoms with Crippen LogP contribution in [-0.4, -0.2) is 9.55 Å². The van der Waals surface area contributed by atoms with Gasteiger partial charge in [-0.2, -0.15) is 0 Å². The molecule has 106 valence electrons. The van der Waals surface area contributed by atoms with Crippen LogP contribution in [0.15, 0.2) is 67.3 Å². The lowest BCUT2D eigenvalue weighted by Crippen LogP contribution is -2.07. The molecule has 21 heavy (non-hydrogen) atoms. The number of rotatable bonds is 4. The lowest BCUT2D eigenvalue weighted by Gasteiger charge is -2.16. The summed E-state index contributed by atoms with van der Waals surface area (Å²) in [5.41, 5.74) is 2.94. The van der Waals surface area contributed by atoms with E-state index in [1.807, 2.05) is 48.0 Å². The molecule has 1 aromatic heterocycles. The van der Waals surface area contributed by atoms with Gasteiger partial charge in [-0.25, -0.2) is 9.37 Å². The first-order chi connectivity index (χ1) is 10.2. The van der Waals surface area contributed by atoms with Crippen LogP contribution in [0.3, 0.4) is 0 Å². The topological polar surface area (TPSA) is 29.9 Å². The van der Waals surface area contributed by atoms with Crippen LogP contribution < -0.4 is 5.32 Å². The summed E-state index contributed by atoms with van der Waals surface area (Å²) in [5.74, 6) is -0.215. The molecule has 0 amide bonds. The fraction of sp³-hybridized carbons (Fsp3) is 0.118. The Morgan fingerprint density at radius 1 is 1.14 bits per heavy atom. The molecule has 4 heteroatoms. The van der Waals surface area contributed by atoms with Crippen molar-refractivity contribution < 1.29 is 4.39 Å². The summed E-state index contributed by atoms with van der Waals surface area (Å²) < 4.78 is 15.2. The lowest BCUT2D eigenvalue weighted by atomic mass is 10.1. The van der Waals surface area contributed by atoms with E-state index in [-0.39, 0.29) is 11.9 Å². The molecule has 0 aliphatic heterocycles. The van der Waals surface area contributed by atoms with Gasteiger partial charge in [-0.1, -0.05) is 18.2 Å². The Morgan fingerprint density at radius 2 is 2.00 bits per heavy atom. The van der Waals surface area contributed by atoms with Crippen LogP contribution in [-0.2, 0) is 0 Å². The third kappa shape index (κ3) is 3.11. The number of aromatic nitrogens is 2. The van der Waals surface area contributed by atoms with E-state index in [0.717, 1.165) is 16.9 Å². The van der Waals surface area contributed by atoms with Crippen LogP contribution >= 0.6 is 0 Å². The van der Waals surface area contributed by atoms with E-state index in [9.17, 15) is 4.39 Å². The molecule has 0 bridgehead atoms. The van der Waals surface area contributed by atoms with Gasteiger partial charge < -0.3 is 9.88 Å². The molecule has 1 N–H and O–H groups in total. The Bertz CT molecular complexity index is 722. The second kappa shape index (κ2) is 5.79. The standard InChI is InChI=1S/C17H16FN3/c1-13(14-4-2-5-15(18)10-14)20-16-6-3-7-17(11-16)21-9-8-19-12-21/h2-13,20H,1H3. The molecule has 0 aliphatic rings. The number of nitrogens with one attached hydrogen (secondary N) is 1. The highest BCUT2D eigenvalue weighted by molar-refractivity contribution is 5.52. The van der Waals surface area contributed by atoms with Crippen LogP contribution in [0.1, 0.15) is 18.5 Å². The maximum Gasteiger partial charge on any atom is 0.123 e. The molecular formula is C17H16FN3. The van der Waals surface area contributed by atoms with Crippen molar-refractivity contribution in [2.75, 3.05) is 5.32 Å². The van der Waals surface area contributed by atoms with E-state index < -0.39 is 0 Å². The van der Waals surface area contributed by atoms with Gasteiger partial charge in [0.2, 0.25) is 0 Å². The van der Waals surface area contributed by atoms with Crippen LogP contribution in [0, 0.1) is 5.82 Å². The molecule has 3 nitrogen and oxygen atoms in total. The van der Waals surface area contributed by atoms with E-state index in [0.29, 0.717) is 0 Å². The molecule has 0 saturated carbocycles. The molecular weight excluding hydrogens is 265 g/mol. The second-order valence-electron chi connectivity index (χ2n) is 4.94. The molecule has 0 spiro atoms. The maximum atomic E-state index is 13.3. The number of nitrogens with zero attached hydrogens (tertiary/aromatic N) is 2. The summed E-state index contributed by atoms with van der Waals surface area (Å²) >= 11 is 0. The third-order valence-corrected chi connectivity index (χ3v) is 3.38. The summed E-state index contributed by atoms with van der Waals surface area (Å²) in [5, 5.41) is 3.39. The highest BCUT2D eigenvalue weighted by Gasteiger charge is 2.06. The number of hydrogen-bond donors (Lipinski definition) is 1. The summed E-state index contributed by atoms with van der Waals surface area (Å²) in [4.78, 5) is 4.05. The van der Waals surface area contributed by atoms with E-state index in [4.69, 9.17) is 0 Å². The Morgan fingerprint density at radius 3 is 2.76 bits per heavy atom. The molecule has 0 aliphatic carbocycles. The van der Waals surface area contributed by atoms with E-state index in [1.165, 1.54) is 6.07 Å². The van der Waals surface area contributed by atoms with Crippen LogP contribution in [0.25, 0.3) is 5.69 Å². The smallest absolute Gasteiger partial charge is 0.123 e. The number of hydrogen-bond acceptors (Lipinski definition) is 2. The van der Waals surface area contributed by atoms with Gasteiger partial charge in [-0.15, -0.1) is 0 Å². The fourth-order valence-electron chi connectivity index (χ4n) is 2.28. The van der Waals surface area contributed by atoms with Crippen molar-refractivity contribution in [2.24, 2.45) is 0 Å². The molecule has 3 rings (SSSR count). The Labute approximate surface area is 123 Å². The van der Waals surface area contributed by atoms with Crippen molar-refractivity contribution in [3.63, 3.8) is 0 Å². The van der Waals surface area contributed by atoms with Gasteiger partial charge in [0.15, 0.2) is 0 Å². The number of benzene rings is 2. The van der Waals surface area contributed by atoms with Gasteiger partial charge >= 0.3 is 0 Å². The molecule has 0 radical (unpaired) electrons. The fourth-order valence-corrected chi connectivity index (χ4v) is 2.28. The van der Waals surface area contributed by atoms with Gasteiger partial charge in [0.05, 0.1) is 6.33 Å². The zero-order valence-electron chi connectivity index (χ0n) is 11.7. The summed E-state index contributed by atoms with van der Waals surface area (Å²) in [6.07, 6.45) is 5.40.